The van der Waals surface area contributed by atoms with Gasteiger partial charge < -0.3 is 4.74 Å². The van der Waals surface area contributed by atoms with Crippen LogP contribution in [0.25, 0.3) is 28.9 Å². The fraction of sp³-hybridized carbons (Fsp3) is 0.640. The van der Waals surface area contributed by atoms with Crippen molar-refractivity contribution in [3.05, 3.63) is 53.3 Å². The number of rotatable bonds is 26. The van der Waals surface area contributed by atoms with E-state index in [1.165, 1.54) is 167 Å². The number of thiazole rings is 4. The molecule has 6 aromatic heterocycles. The van der Waals surface area contributed by atoms with Gasteiger partial charge in [-0.3, -0.25) is 0 Å². The summed E-state index contributed by atoms with van der Waals surface area (Å²) in [7, 11) is 0. The summed E-state index contributed by atoms with van der Waals surface area (Å²) in [4.78, 5) is 26.4. The molecule has 0 unspecified atom stereocenters. The lowest BCUT2D eigenvalue weighted by Crippen LogP contribution is -1.98. The lowest BCUT2D eigenvalue weighted by atomic mass is 10.1. The van der Waals surface area contributed by atoms with E-state index in [0.717, 1.165) is 55.2 Å². The Morgan fingerprint density at radius 2 is 0.806 bits per heavy atom. The Bertz CT molecular complexity index is 1940. The summed E-state index contributed by atoms with van der Waals surface area (Å²) in [6.45, 7) is 22.1. The van der Waals surface area contributed by atoms with Gasteiger partial charge in [0.05, 0.1) is 52.7 Å². The SMILES string of the molecule is CCCCCCCCCCCCOc1nc(C)sc1-c1sc(C)nc1C.CCCCCCCCCCCCSc1nc(C)sc1-c1sc(C)nc1C.Cc1cc2sc(C)cc2s1. The summed E-state index contributed by atoms with van der Waals surface area (Å²) in [5.74, 6) is 1.99. The van der Waals surface area contributed by atoms with Gasteiger partial charge in [0.1, 0.15) is 9.90 Å². The zero-order valence-corrected chi connectivity index (χ0v) is 45.5. The van der Waals surface area contributed by atoms with E-state index in [1.807, 2.05) is 52.7 Å². The minimum atomic E-state index is 0.767. The Morgan fingerprint density at radius 3 is 1.27 bits per heavy atom. The number of hydrogen-bond acceptors (Lipinski definition) is 12. The predicted octanol–water partition coefficient (Wildman–Crippen LogP) is 19.3. The minimum absolute atomic E-state index is 0.767. The maximum Gasteiger partial charge on any atom is 0.233 e. The standard InChI is InChI=1S/C21H34N2OS2.C21H34N2S3.C8H8S2/c2*1-5-6-7-8-9-10-11-12-13-14-15-24-21-20(26-18(4)23-21)19-16(2)22-17(3)25-19;1-5-3-7-8(9-5)4-6(2)10-7/h2*5-15H2,1-4H3;3-4H,1-2H3. The molecule has 0 atom stereocenters. The van der Waals surface area contributed by atoms with Crippen LogP contribution in [0.4, 0.5) is 0 Å². The molecule has 0 aliphatic rings. The molecule has 0 aliphatic heterocycles. The van der Waals surface area contributed by atoms with E-state index in [-0.39, 0.29) is 0 Å². The van der Waals surface area contributed by atoms with Crippen molar-refractivity contribution in [1.29, 1.82) is 0 Å². The number of nitrogens with zero attached hydrogens (tertiary/aromatic N) is 4. The lowest BCUT2D eigenvalue weighted by Gasteiger charge is -2.05. The summed E-state index contributed by atoms with van der Waals surface area (Å²) in [6, 6.07) is 4.52. The monoisotopic (exact) mass is 972 g/mol. The predicted molar refractivity (Wildman–Crippen MR) is 284 cm³/mol. The van der Waals surface area contributed by atoms with Crippen LogP contribution in [0.15, 0.2) is 17.2 Å². The van der Waals surface area contributed by atoms with Gasteiger partial charge in [0.15, 0.2) is 0 Å². The van der Waals surface area contributed by atoms with Gasteiger partial charge in [0.2, 0.25) is 5.88 Å². The first-order chi connectivity index (χ1) is 30.0. The number of fused-ring (bicyclic) bond motifs is 1. The van der Waals surface area contributed by atoms with Crippen molar-refractivity contribution in [2.24, 2.45) is 0 Å². The molecule has 0 saturated carbocycles. The van der Waals surface area contributed by atoms with E-state index < -0.39 is 0 Å². The summed E-state index contributed by atoms with van der Waals surface area (Å²) in [5.41, 5.74) is 2.23. The third kappa shape index (κ3) is 19.0. The van der Waals surface area contributed by atoms with Gasteiger partial charge in [0.25, 0.3) is 0 Å². The Kier molecular flexibility index (Phi) is 25.4. The largest absolute Gasteiger partial charge is 0.477 e. The number of aromatic nitrogens is 4. The maximum absolute atomic E-state index is 6.03. The average Bonchev–Trinajstić information content (AvgIpc) is 4.08. The second-order valence-corrected chi connectivity index (χ2v) is 25.0. The molecule has 6 aromatic rings. The molecule has 0 amide bonds. The Morgan fingerprint density at radius 1 is 0.419 bits per heavy atom. The van der Waals surface area contributed by atoms with Crippen molar-refractivity contribution in [1.82, 2.24) is 19.9 Å². The topological polar surface area (TPSA) is 60.8 Å². The van der Waals surface area contributed by atoms with Crippen molar-refractivity contribution in [3.8, 4) is 25.4 Å². The minimum Gasteiger partial charge on any atom is -0.477 e. The van der Waals surface area contributed by atoms with Gasteiger partial charge in [-0.05, 0) is 86.1 Å². The maximum atomic E-state index is 6.03. The molecule has 12 heteroatoms. The molecule has 0 spiro atoms. The van der Waals surface area contributed by atoms with Crippen LogP contribution in [-0.2, 0) is 0 Å². The number of unbranched alkanes of at least 4 members (excludes halogenated alkanes) is 18. The molecular formula is C50H76N4OS7. The molecule has 344 valence electrons. The first-order valence-corrected chi connectivity index (χ1v) is 29.4. The van der Waals surface area contributed by atoms with Gasteiger partial charge >= 0.3 is 0 Å². The summed E-state index contributed by atoms with van der Waals surface area (Å²) < 4.78 is 8.92. The molecule has 0 aliphatic carbocycles. The summed E-state index contributed by atoms with van der Waals surface area (Å²) >= 11 is 12.8. The fourth-order valence-electron chi connectivity index (χ4n) is 7.38. The molecular weight excluding hydrogens is 897 g/mol. The second-order valence-electron chi connectivity index (χ2n) is 16.5. The quantitative estimate of drug-likeness (QED) is 0.0399. The first kappa shape index (κ1) is 52.9. The Labute approximate surface area is 404 Å². The van der Waals surface area contributed by atoms with Crippen LogP contribution in [0.5, 0.6) is 5.88 Å². The Hall–Kier alpha value is -1.67. The molecule has 0 saturated heterocycles. The third-order valence-electron chi connectivity index (χ3n) is 10.6. The third-order valence-corrected chi connectivity index (χ3v) is 18.3. The molecule has 0 N–H and O–H groups in total. The summed E-state index contributed by atoms with van der Waals surface area (Å²) in [5, 5.41) is 5.69. The second kappa shape index (κ2) is 29.8. The molecule has 6 heterocycles. The van der Waals surface area contributed by atoms with E-state index in [2.05, 4.69) is 89.4 Å². The van der Waals surface area contributed by atoms with Crippen molar-refractivity contribution < 1.29 is 4.74 Å². The molecule has 0 bridgehead atoms. The fourth-order valence-corrected chi connectivity index (χ4v) is 14.9. The van der Waals surface area contributed by atoms with Gasteiger partial charge in [-0.2, -0.15) is 0 Å². The molecule has 6 rings (SSSR count). The highest BCUT2D eigenvalue weighted by molar-refractivity contribution is 7.99. The van der Waals surface area contributed by atoms with Crippen LogP contribution in [-0.4, -0.2) is 32.3 Å². The highest BCUT2D eigenvalue weighted by Gasteiger charge is 2.19. The van der Waals surface area contributed by atoms with Crippen LogP contribution in [0.3, 0.4) is 0 Å². The van der Waals surface area contributed by atoms with Crippen molar-refractivity contribution >= 4 is 89.2 Å². The Balaban J connectivity index is 0.000000222. The number of ether oxygens (including phenoxy) is 1. The molecule has 0 fully saturated rings. The molecule has 5 nitrogen and oxygen atoms in total. The number of thioether (sulfide) groups is 1. The van der Waals surface area contributed by atoms with Crippen LogP contribution >= 0.6 is 79.8 Å². The van der Waals surface area contributed by atoms with E-state index >= 15 is 0 Å². The zero-order valence-electron chi connectivity index (χ0n) is 39.8. The zero-order chi connectivity index (χ0) is 44.7. The van der Waals surface area contributed by atoms with Crippen molar-refractivity contribution in [2.45, 2.75) is 203 Å². The van der Waals surface area contributed by atoms with Crippen LogP contribution in [0, 0.1) is 55.4 Å². The average molecular weight is 974 g/mol. The van der Waals surface area contributed by atoms with Crippen molar-refractivity contribution in [2.75, 3.05) is 12.4 Å². The molecule has 62 heavy (non-hydrogen) atoms. The first-order valence-electron chi connectivity index (χ1n) is 23.5. The number of aryl methyl sites for hydroxylation is 8. The van der Waals surface area contributed by atoms with Gasteiger partial charge in [-0.15, -0.1) is 79.8 Å². The van der Waals surface area contributed by atoms with Gasteiger partial charge in [-0.25, -0.2) is 19.9 Å². The van der Waals surface area contributed by atoms with E-state index in [9.17, 15) is 0 Å². The highest BCUT2D eigenvalue weighted by Crippen LogP contribution is 2.42. The van der Waals surface area contributed by atoms with Crippen LogP contribution < -0.4 is 4.74 Å². The van der Waals surface area contributed by atoms with Crippen molar-refractivity contribution in [3.63, 3.8) is 0 Å². The molecule has 0 aromatic carbocycles. The summed E-state index contributed by atoms with van der Waals surface area (Å²) in [6.07, 6.45) is 27.4. The van der Waals surface area contributed by atoms with E-state index in [4.69, 9.17) is 9.72 Å². The number of thiophene rings is 2. The van der Waals surface area contributed by atoms with Gasteiger partial charge in [-0.1, -0.05) is 129 Å². The highest BCUT2D eigenvalue weighted by atomic mass is 32.2. The van der Waals surface area contributed by atoms with E-state index in [0.29, 0.717) is 0 Å². The lowest BCUT2D eigenvalue weighted by molar-refractivity contribution is 0.295. The number of hydrogen-bond donors (Lipinski definition) is 0. The molecule has 0 radical (unpaired) electrons. The van der Waals surface area contributed by atoms with Gasteiger partial charge in [0, 0.05) is 19.2 Å². The normalized spacial score (nSPS) is 11.3. The smallest absolute Gasteiger partial charge is 0.233 e. The van der Waals surface area contributed by atoms with Crippen LogP contribution in [0.2, 0.25) is 0 Å². The van der Waals surface area contributed by atoms with E-state index in [1.54, 1.807) is 34.0 Å². The van der Waals surface area contributed by atoms with Crippen LogP contribution in [0.1, 0.15) is 183 Å².